The minimum Gasteiger partial charge on any atom is -0.351 e. The van der Waals surface area contributed by atoms with Crippen LogP contribution >= 0.6 is 0 Å². The summed E-state index contributed by atoms with van der Waals surface area (Å²) in [4.78, 5) is 14.0. The Balaban J connectivity index is 1.71. The van der Waals surface area contributed by atoms with Crippen molar-refractivity contribution < 1.29 is 4.79 Å². The predicted octanol–water partition coefficient (Wildman–Crippen LogP) is 0.892. The molecular formula is C15H23N3O. The highest BCUT2D eigenvalue weighted by Gasteiger charge is 2.22. The predicted molar refractivity (Wildman–Crippen MR) is 76.6 cm³/mol. The van der Waals surface area contributed by atoms with Gasteiger partial charge in [0.15, 0.2) is 0 Å². The smallest absolute Gasteiger partial charge is 0.234 e. The molecular weight excluding hydrogens is 238 g/mol. The molecule has 104 valence electrons. The van der Waals surface area contributed by atoms with Crippen molar-refractivity contribution in [3.05, 3.63) is 35.4 Å². The van der Waals surface area contributed by atoms with Gasteiger partial charge in [-0.15, -0.1) is 0 Å². The van der Waals surface area contributed by atoms with Gasteiger partial charge in [-0.05, 0) is 37.9 Å². The molecule has 0 spiro atoms. The van der Waals surface area contributed by atoms with Crippen molar-refractivity contribution in [3.8, 4) is 0 Å². The second-order valence-electron chi connectivity index (χ2n) is 5.39. The standard InChI is InChI=1S/C15H23N3O/c1-12-2-4-13(5-3-12)9-17-15(19)11-18-7-6-14(8-16)10-18/h2-5,14H,6-11,16H2,1H3,(H,17,19). The van der Waals surface area contributed by atoms with E-state index in [1.54, 1.807) is 0 Å². The van der Waals surface area contributed by atoms with Crippen LogP contribution in [-0.4, -0.2) is 37.0 Å². The van der Waals surface area contributed by atoms with Crippen molar-refractivity contribution in [1.29, 1.82) is 0 Å². The van der Waals surface area contributed by atoms with Crippen molar-refractivity contribution in [1.82, 2.24) is 10.2 Å². The number of hydrogen-bond donors (Lipinski definition) is 2. The van der Waals surface area contributed by atoms with E-state index < -0.39 is 0 Å². The minimum atomic E-state index is 0.0956. The number of nitrogens with zero attached hydrogens (tertiary/aromatic N) is 1. The van der Waals surface area contributed by atoms with E-state index in [0.717, 1.165) is 31.6 Å². The molecule has 4 heteroatoms. The number of nitrogens with one attached hydrogen (secondary N) is 1. The Morgan fingerprint density at radius 3 is 2.79 bits per heavy atom. The van der Waals surface area contributed by atoms with Crippen LogP contribution in [0.15, 0.2) is 24.3 Å². The Morgan fingerprint density at radius 1 is 1.42 bits per heavy atom. The Labute approximate surface area is 115 Å². The second-order valence-corrected chi connectivity index (χ2v) is 5.39. The van der Waals surface area contributed by atoms with Crippen molar-refractivity contribution in [3.63, 3.8) is 0 Å². The van der Waals surface area contributed by atoms with Gasteiger partial charge in [0.05, 0.1) is 6.54 Å². The van der Waals surface area contributed by atoms with E-state index in [1.807, 2.05) is 0 Å². The summed E-state index contributed by atoms with van der Waals surface area (Å²) in [5.74, 6) is 0.656. The summed E-state index contributed by atoms with van der Waals surface area (Å²) < 4.78 is 0. The molecule has 1 heterocycles. The van der Waals surface area contributed by atoms with Crippen LogP contribution in [0.2, 0.25) is 0 Å². The first-order valence-electron chi connectivity index (χ1n) is 6.92. The van der Waals surface area contributed by atoms with Crippen LogP contribution in [0.3, 0.4) is 0 Å². The van der Waals surface area contributed by atoms with Crippen LogP contribution in [0.25, 0.3) is 0 Å². The quantitative estimate of drug-likeness (QED) is 0.827. The van der Waals surface area contributed by atoms with Crippen molar-refractivity contribution >= 4 is 5.91 Å². The van der Waals surface area contributed by atoms with Gasteiger partial charge in [-0.25, -0.2) is 0 Å². The second kappa shape index (κ2) is 6.68. The van der Waals surface area contributed by atoms with E-state index in [-0.39, 0.29) is 5.91 Å². The Kier molecular flexibility index (Phi) is 4.93. The lowest BCUT2D eigenvalue weighted by molar-refractivity contribution is -0.122. The van der Waals surface area contributed by atoms with E-state index in [0.29, 0.717) is 19.0 Å². The van der Waals surface area contributed by atoms with Gasteiger partial charge < -0.3 is 11.1 Å². The molecule has 1 aromatic rings. The highest BCUT2D eigenvalue weighted by Crippen LogP contribution is 2.13. The molecule has 1 aromatic carbocycles. The fraction of sp³-hybridized carbons (Fsp3) is 0.533. The van der Waals surface area contributed by atoms with Crippen LogP contribution in [-0.2, 0) is 11.3 Å². The molecule has 1 aliphatic rings. The number of amides is 1. The zero-order valence-electron chi connectivity index (χ0n) is 11.6. The minimum absolute atomic E-state index is 0.0956. The molecule has 0 radical (unpaired) electrons. The molecule has 3 N–H and O–H groups in total. The summed E-state index contributed by atoms with van der Waals surface area (Å²) >= 11 is 0. The van der Waals surface area contributed by atoms with Crippen LogP contribution < -0.4 is 11.1 Å². The first kappa shape index (κ1) is 14.0. The van der Waals surface area contributed by atoms with E-state index in [2.05, 4.69) is 41.4 Å². The summed E-state index contributed by atoms with van der Waals surface area (Å²) in [6, 6.07) is 8.23. The van der Waals surface area contributed by atoms with Crippen LogP contribution in [0.5, 0.6) is 0 Å². The number of hydrogen-bond acceptors (Lipinski definition) is 3. The van der Waals surface area contributed by atoms with E-state index in [1.165, 1.54) is 5.56 Å². The van der Waals surface area contributed by atoms with Crippen LogP contribution in [0.1, 0.15) is 17.5 Å². The summed E-state index contributed by atoms with van der Waals surface area (Å²) in [6.07, 6.45) is 1.11. The lowest BCUT2D eigenvalue weighted by Crippen LogP contribution is -2.36. The Morgan fingerprint density at radius 2 is 2.16 bits per heavy atom. The maximum absolute atomic E-state index is 11.9. The molecule has 4 nitrogen and oxygen atoms in total. The first-order valence-corrected chi connectivity index (χ1v) is 6.92. The maximum Gasteiger partial charge on any atom is 0.234 e. The number of carbonyl (C=O) groups is 1. The fourth-order valence-electron chi connectivity index (χ4n) is 2.41. The monoisotopic (exact) mass is 261 g/mol. The van der Waals surface area contributed by atoms with Gasteiger partial charge in [0.25, 0.3) is 0 Å². The highest BCUT2D eigenvalue weighted by molar-refractivity contribution is 5.78. The SMILES string of the molecule is Cc1ccc(CNC(=O)CN2CCC(CN)C2)cc1. The van der Waals surface area contributed by atoms with Crippen molar-refractivity contribution in [2.75, 3.05) is 26.2 Å². The zero-order chi connectivity index (χ0) is 13.7. The van der Waals surface area contributed by atoms with Crippen molar-refractivity contribution in [2.24, 2.45) is 11.7 Å². The number of nitrogens with two attached hydrogens (primary N) is 1. The van der Waals surface area contributed by atoms with E-state index in [9.17, 15) is 4.79 Å². The third kappa shape index (κ3) is 4.33. The number of carbonyl (C=O) groups excluding carboxylic acids is 1. The normalized spacial score (nSPS) is 19.6. The Bertz CT molecular complexity index is 416. The van der Waals surface area contributed by atoms with E-state index >= 15 is 0 Å². The fourth-order valence-corrected chi connectivity index (χ4v) is 2.41. The third-order valence-electron chi connectivity index (χ3n) is 3.68. The molecule has 0 bridgehead atoms. The summed E-state index contributed by atoms with van der Waals surface area (Å²) in [5.41, 5.74) is 8.02. The molecule has 0 aliphatic carbocycles. The lowest BCUT2D eigenvalue weighted by atomic mass is 10.1. The van der Waals surface area contributed by atoms with Gasteiger partial charge in [0.1, 0.15) is 0 Å². The average molecular weight is 261 g/mol. The van der Waals surface area contributed by atoms with Gasteiger partial charge in [0, 0.05) is 13.1 Å². The molecule has 19 heavy (non-hydrogen) atoms. The van der Waals surface area contributed by atoms with E-state index in [4.69, 9.17) is 5.73 Å². The molecule has 1 saturated heterocycles. The topological polar surface area (TPSA) is 58.4 Å². The molecule has 1 unspecified atom stereocenters. The molecule has 1 atom stereocenters. The third-order valence-corrected chi connectivity index (χ3v) is 3.68. The van der Waals surface area contributed by atoms with Crippen LogP contribution in [0.4, 0.5) is 0 Å². The van der Waals surface area contributed by atoms with Crippen molar-refractivity contribution in [2.45, 2.75) is 19.9 Å². The van der Waals surface area contributed by atoms with Gasteiger partial charge >= 0.3 is 0 Å². The number of rotatable bonds is 5. The highest BCUT2D eigenvalue weighted by atomic mass is 16.2. The lowest BCUT2D eigenvalue weighted by Gasteiger charge is -2.15. The molecule has 1 aliphatic heterocycles. The number of aryl methyl sites for hydroxylation is 1. The van der Waals surface area contributed by atoms with Gasteiger partial charge in [0.2, 0.25) is 5.91 Å². The summed E-state index contributed by atoms with van der Waals surface area (Å²) in [5, 5.41) is 2.97. The largest absolute Gasteiger partial charge is 0.351 e. The zero-order valence-corrected chi connectivity index (χ0v) is 11.6. The molecule has 0 aromatic heterocycles. The molecule has 0 saturated carbocycles. The van der Waals surface area contributed by atoms with Crippen LogP contribution in [0, 0.1) is 12.8 Å². The average Bonchev–Trinajstić information content (AvgIpc) is 2.86. The number of likely N-dealkylation sites (tertiary alicyclic amines) is 1. The first-order chi connectivity index (χ1) is 9.17. The Hall–Kier alpha value is -1.39. The number of benzene rings is 1. The van der Waals surface area contributed by atoms with Gasteiger partial charge in [-0.3, -0.25) is 9.69 Å². The molecule has 1 fully saturated rings. The van der Waals surface area contributed by atoms with Gasteiger partial charge in [-0.2, -0.15) is 0 Å². The van der Waals surface area contributed by atoms with Gasteiger partial charge in [-0.1, -0.05) is 29.8 Å². The summed E-state index contributed by atoms with van der Waals surface area (Å²) in [7, 11) is 0. The molecule has 1 amide bonds. The summed E-state index contributed by atoms with van der Waals surface area (Å²) in [6.45, 7) is 5.81. The maximum atomic E-state index is 11.9. The molecule has 2 rings (SSSR count).